The van der Waals surface area contributed by atoms with Crippen LogP contribution in [0.3, 0.4) is 0 Å². The zero-order valence-corrected chi connectivity index (χ0v) is 32.3. The van der Waals surface area contributed by atoms with Gasteiger partial charge in [0.15, 0.2) is 5.58 Å². The van der Waals surface area contributed by atoms with Gasteiger partial charge in [-0.25, -0.2) is 4.98 Å². The molecule has 2 atom stereocenters. The van der Waals surface area contributed by atoms with E-state index in [0.29, 0.717) is 17.7 Å². The Hall–Kier alpha value is -6.97. The first-order valence-electron chi connectivity index (χ1n) is 20.6. The molecule has 2 unspecified atom stereocenters. The zero-order valence-electron chi connectivity index (χ0n) is 32.3. The largest absolute Gasteiger partial charge is 0.436 e. The predicted octanol–water partition coefficient (Wildman–Crippen LogP) is 15.0. The average Bonchev–Trinajstić information content (AvgIpc) is 3.74. The van der Waals surface area contributed by atoms with E-state index in [9.17, 15) is 0 Å². The maximum Gasteiger partial charge on any atom is 0.227 e. The van der Waals surface area contributed by atoms with Gasteiger partial charge in [0.05, 0.1) is 0 Å². The van der Waals surface area contributed by atoms with Crippen LogP contribution in [-0.4, -0.2) is 4.98 Å². The van der Waals surface area contributed by atoms with Crippen LogP contribution >= 0.6 is 0 Å². The molecule has 8 aromatic rings. The molecule has 0 bridgehead atoms. The summed E-state index contributed by atoms with van der Waals surface area (Å²) in [6.45, 7) is 0. The van der Waals surface area contributed by atoms with E-state index in [0.717, 1.165) is 64.8 Å². The minimum absolute atomic E-state index is 0.422. The van der Waals surface area contributed by atoms with Gasteiger partial charge in [0.25, 0.3) is 0 Å². The molecule has 0 saturated carbocycles. The van der Waals surface area contributed by atoms with Gasteiger partial charge in [-0.1, -0.05) is 140 Å². The number of aromatic nitrogens is 1. The molecule has 3 nitrogen and oxygen atoms in total. The Kier molecular flexibility index (Phi) is 8.58. The molecule has 7 aromatic carbocycles. The lowest BCUT2D eigenvalue weighted by Gasteiger charge is -2.33. The van der Waals surface area contributed by atoms with Crippen molar-refractivity contribution in [2.24, 2.45) is 5.92 Å². The fraction of sp³-hybridized carbons (Fsp3) is 0.109. The first-order valence-corrected chi connectivity index (χ1v) is 20.6. The van der Waals surface area contributed by atoms with Crippen molar-refractivity contribution in [3.05, 3.63) is 210 Å². The van der Waals surface area contributed by atoms with Crippen LogP contribution < -0.4 is 4.90 Å². The second kappa shape index (κ2) is 14.5. The maximum absolute atomic E-state index is 6.59. The van der Waals surface area contributed by atoms with Crippen LogP contribution in [0, 0.1) is 5.92 Å². The van der Waals surface area contributed by atoms with Gasteiger partial charge in [-0.2, -0.15) is 0 Å². The third kappa shape index (κ3) is 6.11. The Balaban J connectivity index is 1.10. The predicted molar refractivity (Wildman–Crippen MR) is 242 cm³/mol. The smallest absolute Gasteiger partial charge is 0.227 e. The van der Waals surface area contributed by atoms with Gasteiger partial charge >= 0.3 is 0 Å². The number of nitrogens with zero attached hydrogens (tertiary/aromatic N) is 2. The van der Waals surface area contributed by atoms with Crippen LogP contribution in [0.25, 0.3) is 61.7 Å². The normalized spacial score (nSPS) is 16.9. The molecule has 3 heteroatoms. The monoisotopic (exact) mass is 746 g/mol. The molecular weight excluding hydrogens is 705 g/mol. The van der Waals surface area contributed by atoms with Gasteiger partial charge in [0, 0.05) is 28.0 Å². The fourth-order valence-corrected chi connectivity index (χ4v) is 9.50. The number of hydrogen-bond acceptors (Lipinski definition) is 3. The van der Waals surface area contributed by atoms with Crippen LogP contribution in [0.2, 0.25) is 0 Å². The molecule has 0 spiro atoms. The Morgan fingerprint density at radius 3 is 2.16 bits per heavy atom. The number of hydrogen-bond donors (Lipinski definition) is 0. The molecule has 1 heterocycles. The van der Waals surface area contributed by atoms with Crippen molar-refractivity contribution in [1.29, 1.82) is 0 Å². The Morgan fingerprint density at radius 1 is 0.552 bits per heavy atom. The van der Waals surface area contributed by atoms with Gasteiger partial charge in [-0.3, -0.25) is 0 Å². The number of allylic oxidation sites excluding steroid dienone is 7. The summed E-state index contributed by atoms with van der Waals surface area (Å²) in [5.74, 6) is 1.55. The van der Waals surface area contributed by atoms with Crippen molar-refractivity contribution >= 4 is 45.0 Å². The number of rotatable bonds is 7. The molecule has 58 heavy (non-hydrogen) atoms. The number of anilines is 3. The van der Waals surface area contributed by atoms with Crippen LogP contribution in [0.5, 0.6) is 0 Å². The third-order valence-corrected chi connectivity index (χ3v) is 12.3. The van der Waals surface area contributed by atoms with Crippen LogP contribution in [0.4, 0.5) is 17.1 Å². The fourth-order valence-electron chi connectivity index (χ4n) is 9.50. The number of fused-ring (bicyclic) bond motifs is 5. The summed E-state index contributed by atoms with van der Waals surface area (Å²) in [6.07, 6.45) is 20.3. The Labute approximate surface area is 339 Å². The SMILES string of the molecule is C1=CCC2C(=C1)C=CCC2c1cccc(N(c2ccc(-c3ccccc3)cc2)c2cc3c(c(-c4cc5oc(-c6ccccc6)nc5c5ccccc45)c2)CCC=C3)c1. The van der Waals surface area contributed by atoms with Gasteiger partial charge in [-0.05, 0) is 142 Å². The van der Waals surface area contributed by atoms with E-state index in [1.54, 1.807) is 0 Å². The lowest BCUT2D eigenvalue weighted by molar-refractivity contribution is 0.482. The van der Waals surface area contributed by atoms with E-state index in [-0.39, 0.29) is 0 Å². The van der Waals surface area contributed by atoms with E-state index in [1.807, 2.05) is 18.2 Å². The standard InChI is InChI=1S/C55H42N2O/c1-3-15-37(16-4-1)38-29-31-43(32-30-38)57(44-23-13-22-42(33-44)47-28-14-21-39-17-7-9-24-46(39)47)45-34-41-20-8-10-25-48(41)51(35-45)52-36-53-54(50-27-12-11-26-49(50)52)56-55(58-53)40-18-5-2-6-19-40/h1-9,11-23,26-27,29-36,46-47H,10,24-25,28H2. The molecule has 0 saturated heterocycles. The highest BCUT2D eigenvalue weighted by Crippen LogP contribution is 2.47. The molecule has 11 rings (SSSR count). The van der Waals surface area contributed by atoms with E-state index in [4.69, 9.17) is 9.40 Å². The summed E-state index contributed by atoms with van der Waals surface area (Å²) in [6, 6.07) is 55.0. The molecule has 3 aliphatic rings. The molecule has 0 aliphatic heterocycles. The quantitative estimate of drug-likeness (QED) is 0.163. The highest BCUT2D eigenvalue weighted by atomic mass is 16.3. The average molecular weight is 747 g/mol. The van der Waals surface area contributed by atoms with Crippen molar-refractivity contribution in [2.45, 2.75) is 31.6 Å². The highest BCUT2D eigenvalue weighted by Gasteiger charge is 2.29. The summed E-state index contributed by atoms with van der Waals surface area (Å²) in [5, 5.41) is 2.27. The molecule has 3 aliphatic carbocycles. The summed E-state index contributed by atoms with van der Waals surface area (Å²) in [7, 11) is 0. The van der Waals surface area contributed by atoms with Crippen LogP contribution in [-0.2, 0) is 6.42 Å². The molecule has 0 amide bonds. The molecular formula is C55H42N2O. The maximum atomic E-state index is 6.59. The first-order chi connectivity index (χ1) is 28.7. The molecule has 0 N–H and O–H groups in total. The minimum Gasteiger partial charge on any atom is -0.436 e. The summed E-state index contributed by atoms with van der Waals surface area (Å²) in [5.41, 5.74) is 16.3. The van der Waals surface area contributed by atoms with Crippen molar-refractivity contribution in [3.63, 3.8) is 0 Å². The van der Waals surface area contributed by atoms with Crippen molar-refractivity contribution in [2.75, 3.05) is 4.90 Å². The Morgan fingerprint density at radius 2 is 1.31 bits per heavy atom. The second-order valence-corrected chi connectivity index (χ2v) is 15.7. The lowest BCUT2D eigenvalue weighted by Crippen LogP contribution is -2.19. The van der Waals surface area contributed by atoms with E-state index in [1.165, 1.54) is 49.9 Å². The van der Waals surface area contributed by atoms with Crippen molar-refractivity contribution < 1.29 is 4.42 Å². The van der Waals surface area contributed by atoms with E-state index >= 15 is 0 Å². The molecule has 1 aromatic heterocycles. The summed E-state index contributed by atoms with van der Waals surface area (Å²) < 4.78 is 6.59. The lowest BCUT2D eigenvalue weighted by atomic mass is 9.73. The number of benzene rings is 7. The highest BCUT2D eigenvalue weighted by molar-refractivity contribution is 6.12. The van der Waals surface area contributed by atoms with Crippen molar-refractivity contribution in [1.82, 2.24) is 4.98 Å². The Bertz CT molecular complexity index is 2950. The summed E-state index contributed by atoms with van der Waals surface area (Å²) in [4.78, 5) is 7.52. The first kappa shape index (κ1) is 34.3. The summed E-state index contributed by atoms with van der Waals surface area (Å²) >= 11 is 0. The van der Waals surface area contributed by atoms with Crippen LogP contribution in [0.15, 0.2) is 198 Å². The van der Waals surface area contributed by atoms with Crippen LogP contribution in [0.1, 0.15) is 41.9 Å². The van der Waals surface area contributed by atoms with Gasteiger partial charge < -0.3 is 9.32 Å². The van der Waals surface area contributed by atoms with Crippen molar-refractivity contribution in [3.8, 4) is 33.7 Å². The van der Waals surface area contributed by atoms with Gasteiger partial charge in [-0.15, -0.1) is 0 Å². The van der Waals surface area contributed by atoms with Gasteiger partial charge in [0.2, 0.25) is 5.89 Å². The minimum atomic E-state index is 0.422. The molecule has 0 fully saturated rings. The molecule has 278 valence electrons. The van der Waals surface area contributed by atoms with E-state index < -0.39 is 0 Å². The molecule has 0 radical (unpaired) electrons. The second-order valence-electron chi connectivity index (χ2n) is 15.7. The van der Waals surface area contributed by atoms with Gasteiger partial charge in [0.1, 0.15) is 5.52 Å². The van der Waals surface area contributed by atoms with E-state index in [2.05, 4.69) is 181 Å². The topological polar surface area (TPSA) is 29.3 Å². The third-order valence-electron chi connectivity index (χ3n) is 12.3. The number of oxazole rings is 1. The zero-order chi connectivity index (χ0) is 38.4.